The molecule has 0 saturated carbocycles. The lowest BCUT2D eigenvalue weighted by atomic mass is 10.1. The van der Waals surface area contributed by atoms with Crippen molar-refractivity contribution in [3.63, 3.8) is 0 Å². The highest BCUT2D eigenvalue weighted by atomic mass is 19.1. The van der Waals surface area contributed by atoms with Crippen LogP contribution >= 0.6 is 0 Å². The first kappa shape index (κ1) is 16.8. The topological polar surface area (TPSA) is 32.7 Å². The van der Waals surface area contributed by atoms with E-state index in [9.17, 15) is 13.6 Å². The fraction of sp³-hybridized carbons (Fsp3) is 0. The summed E-state index contributed by atoms with van der Waals surface area (Å²) >= 11 is 0. The summed E-state index contributed by atoms with van der Waals surface area (Å²) in [6.07, 6.45) is 1.38. The van der Waals surface area contributed by atoms with E-state index < -0.39 is 17.5 Å². The molecule has 5 heteroatoms. The number of nitrogens with zero attached hydrogens (tertiary/aromatic N) is 2. The van der Waals surface area contributed by atoms with Crippen LogP contribution in [0.4, 0.5) is 14.5 Å². The Bertz CT molecular complexity index is 1070. The minimum Gasteiger partial charge on any atom is -0.266 e. The molecule has 1 amide bonds. The number of benzene rings is 3. The van der Waals surface area contributed by atoms with Gasteiger partial charge >= 0.3 is 0 Å². The maximum Gasteiger partial charge on any atom is 0.282 e. The summed E-state index contributed by atoms with van der Waals surface area (Å²) < 4.78 is 28.4. The molecule has 0 fully saturated rings. The molecule has 1 aliphatic heterocycles. The van der Waals surface area contributed by atoms with Gasteiger partial charge in [0.15, 0.2) is 5.84 Å². The second-order valence-electron chi connectivity index (χ2n) is 5.94. The minimum atomic E-state index is -0.489. The molecule has 0 aliphatic carbocycles. The maximum atomic E-state index is 14.4. The number of amidine groups is 1. The zero-order chi connectivity index (χ0) is 18.8. The molecule has 0 saturated heterocycles. The van der Waals surface area contributed by atoms with E-state index in [0.717, 1.165) is 0 Å². The van der Waals surface area contributed by atoms with Crippen molar-refractivity contribution in [1.29, 1.82) is 0 Å². The lowest BCUT2D eigenvalue weighted by Crippen LogP contribution is -2.33. The number of amides is 1. The maximum absolute atomic E-state index is 14.4. The van der Waals surface area contributed by atoms with E-state index in [2.05, 4.69) is 4.99 Å². The van der Waals surface area contributed by atoms with Gasteiger partial charge in [0, 0.05) is 5.56 Å². The fourth-order valence-electron chi connectivity index (χ4n) is 2.90. The largest absolute Gasteiger partial charge is 0.282 e. The first-order chi connectivity index (χ1) is 13.1. The monoisotopic (exact) mass is 360 g/mol. The van der Waals surface area contributed by atoms with Gasteiger partial charge in [-0.3, -0.25) is 9.69 Å². The van der Waals surface area contributed by atoms with E-state index in [1.807, 2.05) is 6.07 Å². The van der Waals surface area contributed by atoms with Gasteiger partial charge in [0.25, 0.3) is 5.91 Å². The third kappa shape index (κ3) is 3.15. The summed E-state index contributed by atoms with van der Waals surface area (Å²) in [4.78, 5) is 18.7. The third-order valence-electron chi connectivity index (χ3n) is 4.19. The quantitative estimate of drug-likeness (QED) is 0.618. The second kappa shape index (κ2) is 6.96. The minimum absolute atomic E-state index is 0.0437. The highest BCUT2D eigenvalue weighted by molar-refractivity contribution is 6.33. The van der Waals surface area contributed by atoms with Crippen molar-refractivity contribution in [2.45, 2.75) is 0 Å². The fourth-order valence-corrected chi connectivity index (χ4v) is 2.90. The third-order valence-corrected chi connectivity index (χ3v) is 4.19. The SMILES string of the molecule is O=C1/C(=C\c2ccccc2F)N=C(c2ccccc2F)N1c1ccccc1. The Balaban J connectivity index is 1.87. The Morgan fingerprint density at radius 3 is 2.11 bits per heavy atom. The molecule has 3 aromatic rings. The van der Waals surface area contributed by atoms with Crippen LogP contribution in [-0.4, -0.2) is 11.7 Å². The molecule has 132 valence electrons. The summed E-state index contributed by atoms with van der Waals surface area (Å²) in [7, 11) is 0. The molecular weight excluding hydrogens is 346 g/mol. The molecule has 1 heterocycles. The van der Waals surface area contributed by atoms with E-state index in [1.54, 1.807) is 60.7 Å². The molecule has 0 N–H and O–H groups in total. The van der Waals surface area contributed by atoms with E-state index >= 15 is 0 Å². The van der Waals surface area contributed by atoms with Gasteiger partial charge in [0.1, 0.15) is 17.3 Å². The first-order valence-corrected chi connectivity index (χ1v) is 8.34. The smallest absolute Gasteiger partial charge is 0.266 e. The summed E-state index contributed by atoms with van der Waals surface area (Å²) in [5.74, 6) is -1.22. The summed E-state index contributed by atoms with van der Waals surface area (Å²) in [6, 6.07) is 21.1. The van der Waals surface area contributed by atoms with Gasteiger partial charge in [-0.05, 0) is 36.4 Å². The molecule has 1 aliphatic rings. The van der Waals surface area contributed by atoms with Gasteiger partial charge in [-0.25, -0.2) is 13.8 Å². The lowest BCUT2D eigenvalue weighted by Gasteiger charge is -2.18. The Kier molecular flexibility index (Phi) is 4.34. The van der Waals surface area contributed by atoms with Crippen LogP contribution < -0.4 is 4.90 Å². The van der Waals surface area contributed by atoms with Crippen LogP contribution in [0.2, 0.25) is 0 Å². The molecule has 0 radical (unpaired) electrons. The van der Waals surface area contributed by atoms with E-state index in [4.69, 9.17) is 0 Å². The Morgan fingerprint density at radius 2 is 1.41 bits per heavy atom. The molecule has 3 nitrogen and oxygen atoms in total. The number of hydrogen-bond acceptors (Lipinski definition) is 2. The van der Waals surface area contributed by atoms with Crippen molar-refractivity contribution in [2.75, 3.05) is 4.90 Å². The molecule has 0 bridgehead atoms. The van der Waals surface area contributed by atoms with E-state index in [1.165, 1.54) is 23.1 Å². The molecule has 4 rings (SSSR count). The van der Waals surface area contributed by atoms with Crippen LogP contribution in [-0.2, 0) is 4.79 Å². The second-order valence-corrected chi connectivity index (χ2v) is 5.94. The molecule has 0 unspecified atom stereocenters. The van der Waals surface area contributed by atoms with E-state index in [-0.39, 0.29) is 22.7 Å². The first-order valence-electron chi connectivity index (χ1n) is 8.34. The van der Waals surface area contributed by atoms with Gasteiger partial charge in [0.2, 0.25) is 0 Å². The van der Waals surface area contributed by atoms with Crippen LogP contribution in [0.3, 0.4) is 0 Å². The highest BCUT2D eigenvalue weighted by Gasteiger charge is 2.33. The zero-order valence-corrected chi connectivity index (χ0v) is 14.1. The van der Waals surface area contributed by atoms with Crippen LogP contribution in [0.5, 0.6) is 0 Å². The van der Waals surface area contributed by atoms with Crippen LogP contribution in [0.25, 0.3) is 6.08 Å². The molecule has 0 atom stereocenters. The number of anilines is 1. The van der Waals surface area contributed by atoms with Gasteiger partial charge in [0.05, 0.1) is 11.3 Å². The van der Waals surface area contributed by atoms with Gasteiger partial charge < -0.3 is 0 Å². The predicted octanol–water partition coefficient (Wildman–Crippen LogP) is 4.80. The van der Waals surface area contributed by atoms with Crippen LogP contribution in [0, 0.1) is 11.6 Å². The van der Waals surface area contributed by atoms with Crippen LogP contribution in [0.1, 0.15) is 11.1 Å². The summed E-state index contributed by atoms with van der Waals surface area (Å²) in [6.45, 7) is 0. The summed E-state index contributed by atoms with van der Waals surface area (Å²) in [5, 5.41) is 0. The molecule has 0 aromatic heterocycles. The number of aliphatic imine (C=N–C) groups is 1. The zero-order valence-electron chi connectivity index (χ0n) is 14.1. The number of para-hydroxylation sites is 1. The highest BCUT2D eigenvalue weighted by Crippen LogP contribution is 2.28. The average molecular weight is 360 g/mol. The van der Waals surface area contributed by atoms with Crippen molar-refractivity contribution in [3.05, 3.63) is 107 Å². The normalized spacial score (nSPS) is 15.3. The van der Waals surface area contributed by atoms with Crippen molar-refractivity contribution < 1.29 is 13.6 Å². The lowest BCUT2D eigenvalue weighted by molar-refractivity contribution is -0.113. The molecular formula is C22H14F2N2O. The number of carbonyl (C=O) groups is 1. The van der Waals surface area contributed by atoms with Crippen LogP contribution in [0.15, 0.2) is 89.6 Å². The van der Waals surface area contributed by atoms with Gasteiger partial charge in [-0.1, -0.05) is 48.5 Å². The molecule has 3 aromatic carbocycles. The molecule has 27 heavy (non-hydrogen) atoms. The van der Waals surface area contributed by atoms with E-state index in [0.29, 0.717) is 5.69 Å². The van der Waals surface area contributed by atoms with Crippen molar-refractivity contribution >= 4 is 23.5 Å². The summed E-state index contributed by atoms with van der Waals surface area (Å²) in [5.41, 5.74) is 1.04. The van der Waals surface area contributed by atoms with Crippen molar-refractivity contribution in [1.82, 2.24) is 0 Å². The number of hydrogen-bond donors (Lipinski definition) is 0. The predicted molar refractivity (Wildman–Crippen MR) is 101 cm³/mol. The Hall–Kier alpha value is -3.60. The van der Waals surface area contributed by atoms with Crippen molar-refractivity contribution in [3.8, 4) is 0 Å². The Morgan fingerprint density at radius 1 is 0.778 bits per heavy atom. The average Bonchev–Trinajstić information content (AvgIpc) is 3.01. The number of carbonyl (C=O) groups excluding carboxylic acids is 1. The van der Waals surface area contributed by atoms with Gasteiger partial charge in [-0.15, -0.1) is 0 Å². The standard InChI is InChI=1S/C22H14F2N2O/c23-18-12-6-4-8-15(18)14-20-22(27)26(16-9-2-1-3-10-16)21(25-20)17-11-5-7-13-19(17)24/h1-14H/b20-14+. The van der Waals surface area contributed by atoms with Gasteiger partial charge in [-0.2, -0.15) is 0 Å². The number of halogens is 2. The van der Waals surface area contributed by atoms with Crippen molar-refractivity contribution in [2.24, 2.45) is 4.99 Å². The Labute approximate surface area is 154 Å². The molecule has 0 spiro atoms. The number of rotatable bonds is 3.